The van der Waals surface area contributed by atoms with Gasteiger partial charge in [-0.05, 0) is 30.3 Å². The average Bonchev–Trinajstić information content (AvgIpc) is 3.04. The molecule has 0 spiro atoms. The van der Waals surface area contributed by atoms with Crippen LogP contribution in [0.25, 0.3) is 5.69 Å². The number of hydrogen-bond acceptors (Lipinski definition) is 3. The molecular weight excluding hydrogens is 276 g/mol. The maximum atomic E-state index is 12.2. The van der Waals surface area contributed by atoms with Crippen molar-refractivity contribution in [1.29, 1.82) is 5.26 Å². The van der Waals surface area contributed by atoms with Gasteiger partial charge in [0.25, 0.3) is 5.91 Å². The molecule has 0 unspecified atom stereocenters. The molecule has 106 valence electrons. The molecule has 0 atom stereocenters. The number of nitrogens with one attached hydrogen (secondary N) is 1. The van der Waals surface area contributed by atoms with Crippen LogP contribution >= 0.6 is 0 Å². The highest BCUT2D eigenvalue weighted by Crippen LogP contribution is 2.12. The van der Waals surface area contributed by atoms with Gasteiger partial charge in [-0.2, -0.15) is 10.4 Å². The summed E-state index contributed by atoms with van der Waals surface area (Å²) in [6.07, 6.45) is 1.77. The Balaban J connectivity index is 1.78. The van der Waals surface area contributed by atoms with Crippen molar-refractivity contribution >= 4 is 11.7 Å². The number of benzene rings is 2. The van der Waals surface area contributed by atoms with Crippen molar-refractivity contribution < 1.29 is 4.79 Å². The lowest BCUT2D eigenvalue weighted by molar-refractivity contribution is 0.102. The van der Waals surface area contributed by atoms with Gasteiger partial charge in [0.1, 0.15) is 0 Å². The maximum absolute atomic E-state index is 12.2. The minimum Gasteiger partial charge on any atom is -0.305 e. The highest BCUT2D eigenvalue weighted by atomic mass is 16.1. The van der Waals surface area contributed by atoms with E-state index in [1.54, 1.807) is 41.2 Å². The van der Waals surface area contributed by atoms with Crippen LogP contribution in [-0.4, -0.2) is 15.7 Å². The van der Waals surface area contributed by atoms with Crippen LogP contribution in [0.1, 0.15) is 15.9 Å². The maximum Gasteiger partial charge on any atom is 0.256 e. The third kappa shape index (κ3) is 2.86. The van der Waals surface area contributed by atoms with E-state index in [1.807, 2.05) is 36.4 Å². The van der Waals surface area contributed by atoms with Crippen LogP contribution < -0.4 is 5.32 Å². The molecule has 3 rings (SSSR count). The molecule has 1 amide bonds. The molecule has 3 aromatic rings. The summed E-state index contributed by atoms with van der Waals surface area (Å²) in [6.45, 7) is 0. The molecule has 0 radical (unpaired) electrons. The van der Waals surface area contributed by atoms with E-state index in [1.165, 1.54) is 0 Å². The number of carbonyl (C=O) groups excluding carboxylic acids is 1. The van der Waals surface area contributed by atoms with Crippen LogP contribution in [0.15, 0.2) is 66.9 Å². The van der Waals surface area contributed by atoms with E-state index < -0.39 is 0 Å². The summed E-state index contributed by atoms with van der Waals surface area (Å²) < 4.78 is 1.68. The molecule has 1 N–H and O–H groups in total. The molecular formula is C17H12N4O. The number of para-hydroxylation sites is 1. The lowest BCUT2D eigenvalue weighted by atomic mass is 10.1. The molecule has 5 nitrogen and oxygen atoms in total. The lowest BCUT2D eigenvalue weighted by Gasteiger charge is -2.03. The van der Waals surface area contributed by atoms with E-state index in [0.29, 0.717) is 16.9 Å². The number of anilines is 1. The largest absolute Gasteiger partial charge is 0.305 e. The summed E-state index contributed by atoms with van der Waals surface area (Å²) in [7, 11) is 0. The van der Waals surface area contributed by atoms with E-state index in [9.17, 15) is 4.79 Å². The second-order valence-corrected chi connectivity index (χ2v) is 4.63. The quantitative estimate of drug-likeness (QED) is 0.805. The van der Waals surface area contributed by atoms with Crippen LogP contribution in [-0.2, 0) is 0 Å². The monoisotopic (exact) mass is 288 g/mol. The van der Waals surface area contributed by atoms with Gasteiger partial charge in [-0.3, -0.25) is 4.79 Å². The van der Waals surface area contributed by atoms with Crippen molar-refractivity contribution in [2.75, 3.05) is 5.32 Å². The minimum absolute atomic E-state index is 0.296. The fourth-order valence-electron chi connectivity index (χ4n) is 2.03. The van der Waals surface area contributed by atoms with Crippen LogP contribution in [0.3, 0.4) is 0 Å². The van der Waals surface area contributed by atoms with E-state index in [2.05, 4.69) is 10.4 Å². The highest BCUT2D eigenvalue weighted by molar-refractivity contribution is 6.03. The number of hydrogen-bond donors (Lipinski definition) is 1. The molecule has 5 heteroatoms. The van der Waals surface area contributed by atoms with Crippen LogP contribution in [0.2, 0.25) is 0 Å². The Hall–Kier alpha value is -3.39. The molecule has 0 saturated carbocycles. The molecule has 0 bridgehead atoms. The predicted octanol–water partition coefficient (Wildman–Crippen LogP) is 3.00. The van der Waals surface area contributed by atoms with Crippen molar-refractivity contribution in [3.63, 3.8) is 0 Å². The third-order valence-electron chi connectivity index (χ3n) is 3.11. The number of carbonyl (C=O) groups is 1. The summed E-state index contributed by atoms with van der Waals surface area (Å²) in [5, 5.41) is 15.9. The smallest absolute Gasteiger partial charge is 0.256 e. The zero-order valence-corrected chi connectivity index (χ0v) is 11.6. The molecule has 22 heavy (non-hydrogen) atoms. The van der Waals surface area contributed by atoms with E-state index in [0.717, 1.165) is 5.69 Å². The second-order valence-electron chi connectivity index (χ2n) is 4.63. The first-order valence-corrected chi connectivity index (χ1v) is 6.69. The average molecular weight is 288 g/mol. The van der Waals surface area contributed by atoms with Gasteiger partial charge >= 0.3 is 0 Å². The van der Waals surface area contributed by atoms with Crippen molar-refractivity contribution in [2.45, 2.75) is 0 Å². The summed E-state index contributed by atoms with van der Waals surface area (Å²) in [4.78, 5) is 12.2. The summed E-state index contributed by atoms with van der Waals surface area (Å²) >= 11 is 0. The van der Waals surface area contributed by atoms with Crippen molar-refractivity contribution in [1.82, 2.24) is 9.78 Å². The van der Waals surface area contributed by atoms with Crippen molar-refractivity contribution in [3.8, 4) is 11.8 Å². The van der Waals surface area contributed by atoms with Gasteiger partial charge in [0.2, 0.25) is 0 Å². The highest BCUT2D eigenvalue weighted by Gasteiger charge is 2.09. The van der Waals surface area contributed by atoms with E-state index in [4.69, 9.17) is 5.26 Å². The third-order valence-corrected chi connectivity index (χ3v) is 3.11. The van der Waals surface area contributed by atoms with Crippen molar-refractivity contribution in [3.05, 3.63) is 78.0 Å². The second kappa shape index (κ2) is 5.94. The molecule has 0 aliphatic heterocycles. The first-order chi connectivity index (χ1) is 10.8. The molecule has 0 aliphatic rings. The van der Waals surface area contributed by atoms with Gasteiger partial charge in [0.05, 0.1) is 17.3 Å². The van der Waals surface area contributed by atoms with E-state index >= 15 is 0 Å². The normalized spacial score (nSPS) is 9.95. The predicted molar refractivity (Wildman–Crippen MR) is 82.7 cm³/mol. The molecule has 0 fully saturated rings. The zero-order chi connectivity index (χ0) is 15.4. The number of aromatic nitrogens is 2. The molecule has 0 saturated heterocycles. The fraction of sp³-hybridized carbons (Fsp3) is 0. The number of rotatable bonds is 3. The summed E-state index contributed by atoms with van der Waals surface area (Å²) in [5.41, 5.74) is 1.78. The molecule has 2 aromatic carbocycles. The number of nitriles is 1. The Morgan fingerprint density at radius 2 is 1.91 bits per heavy atom. The van der Waals surface area contributed by atoms with Gasteiger partial charge in [-0.1, -0.05) is 24.3 Å². The minimum atomic E-state index is -0.296. The lowest BCUT2D eigenvalue weighted by Crippen LogP contribution is -2.12. The fourth-order valence-corrected chi connectivity index (χ4v) is 2.03. The zero-order valence-electron chi connectivity index (χ0n) is 11.6. The van der Waals surface area contributed by atoms with Crippen LogP contribution in [0, 0.1) is 11.3 Å². The first kappa shape index (κ1) is 13.6. The van der Waals surface area contributed by atoms with Crippen LogP contribution in [0.4, 0.5) is 5.82 Å². The summed E-state index contributed by atoms with van der Waals surface area (Å²) in [6, 6.07) is 19.9. The topological polar surface area (TPSA) is 70.7 Å². The Bertz CT molecular complexity index is 846. The van der Waals surface area contributed by atoms with Gasteiger partial charge in [-0.15, -0.1) is 0 Å². The number of amides is 1. The first-order valence-electron chi connectivity index (χ1n) is 6.69. The van der Waals surface area contributed by atoms with Gasteiger partial charge < -0.3 is 5.32 Å². The van der Waals surface area contributed by atoms with Crippen LogP contribution in [0.5, 0.6) is 0 Å². The van der Waals surface area contributed by atoms with Crippen molar-refractivity contribution in [2.24, 2.45) is 0 Å². The Morgan fingerprint density at radius 3 is 2.68 bits per heavy atom. The van der Waals surface area contributed by atoms with Gasteiger partial charge in [0, 0.05) is 17.8 Å². The summed E-state index contributed by atoms with van der Waals surface area (Å²) in [5.74, 6) is 0.159. The van der Waals surface area contributed by atoms with E-state index in [-0.39, 0.29) is 5.91 Å². The Morgan fingerprint density at radius 1 is 1.09 bits per heavy atom. The molecule has 1 aromatic heterocycles. The SMILES string of the molecule is N#Cc1cccc(C(=O)Nc2ccn(-c3ccccc3)n2)c1. The van der Waals surface area contributed by atoms with Gasteiger partial charge in [-0.25, -0.2) is 4.68 Å². The number of nitrogens with zero attached hydrogens (tertiary/aromatic N) is 3. The molecule has 0 aliphatic carbocycles. The Labute approximate surface area is 127 Å². The Kier molecular flexibility index (Phi) is 3.67. The van der Waals surface area contributed by atoms with Gasteiger partial charge in [0.15, 0.2) is 5.82 Å². The standard InChI is InChI=1S/C17H12N4O/c18-12-13-5-4-6-14(11-13)17(22)19-16-9-10-21(20-16)15-7-2-1-3-8-15/h1-11H,(H,19,20,22). The molecule has 1 heterocycles.